The van der Waals surface area contributed by atoms with E-state index in [0.717, 1.165) is 50.4 Å². The molecule has 2 N–H and O–H groups in total. The van der Waals surface area contributed by atoms with Crippen LogP contribution in [0.25, 0.3) is 0 Å². The maximum atomic E-state index is 14.1. The number of piperidine rings is 1. The molecule has 7 heteroatoms. The van der Waals surface area contributed by atoms with Gasteiger partial charge in [-0.05, 0) is 92.8 Å². The Balaban J connectivity index is 1.35. The van der Waals surface area contributed by atoms with Crippen molar-refractivity contribution < 1.29 is 22.4 Å². The topological polar surface area (TPSA) is 41.1 Å². The molecule has 1 aliphatic carbocycles. The molecule has 2 fully saturated rings. The van der Waals surface area contributed by atoms with E-state index in [-0.39, 0.29) is 23.4 Å². The number of nitrogens with one attached hydrogen (secondary N) is 2. The van der Waals surface area contributed by atoms with Crippen molar-refractivity contribution in [1.29, 1.82) is 0 Å². The van der Waals surface area contributed by atoms with E-state index in [1.54, 1.807) is 0 Å². The average molecular weight is 463 g/mol. The highest BCUT2D eigenvalue weighted by Crippen LogP contribution is 2.37. The Morgan fingerprint density at radius 2 is 1.73 bits per heavy atom. The molecule has 2 atom stereocenters. The Hall–Kier alpha value is -2.41. The Labute approximate surface area is 192 Å². The van der Waals surface area contributed by atoms with E-state index in [0.29, 0.717) is 18.9 Å². The van der Waals surface area contributed by atoms with Crippen LogP contribution in [0.15, 0.2) is 42.5 Å². The Kier molecular flexibility index (Phi) is 7.37. The van der Waals surface area contributed by atoms with Gasteiger partial charge in [0.05, 0.1) is 11.3 Å². The molecule has 178 valence electrons. The van der Waals surface area contributed by atoms with E-state index >= 15 is 0 Å². The third kappa shape index (κ3) is 6.14. The number of carbonyl (C=O) groups is 1. The number of rotatable bonds is 5. The lowest BCUT2D eigenvalue weighted by Gasteiger charge is -2.29. The summed E-state index contributed by atoms with van der Waals surface area (Å²) in [6.45, 7) is 2.18. The molecular formula is C26H30F4N2O. The molecule has 3 nitrogen and oxygen atoms in total. The summed E-state index contributed by atoms with van der Waals surface area (Å²) in [4.78, 5) is 12.7. The molecular weight excluding hydrogens is 432 g/mol. The van der Waals surface area contributed by atoms with E-state index in [9.17, 15) is 22.4 Å². The number of amides is 1. The third-order valence-corrected chi connectivity index (χ3v) is 7.03. The van der Waals surface area contributed by atoms with Gasteiger partial charge in [0.1, 0.15) is 5.82 Å². The SMILES string of the molecule is O=C(Nc1ccc(C(F)(F)F)cc1F)C1CCCC(c2ccc(CC3CCNCC3)cc2)C1. The van der Waals surface area contributed by atoms with Crippen molar-refractivity contribution in [3.05, 3.63) is 65.0 Å². The molecule has 2 aromatic carbocycles. The first-order valence-electron chi connectivity index (χ1n) is 11.8. The van der Waals surface area contributed by atoms with E-state index in [1.165, 1.54) is 24.0 Å². The quantitative estimate of drug-likeness (QED) is 0.512. The molecule has 2 aliphatic rings. The van der Waals surface area contributed by atoms with E-state index in [2.05, 4.69) is 34.9 Å². The van der Waals surface area contributed by atoms with Crippen molar-refractivity contribution in [2.75, 3.05) is 18.4 Å². The van der Waals surface area contributed by atoms with Gasteiger partial charge >= 0.3 is 6.18 Å². The summed E-state index contributed by atoms with van der Waals surface area (Å²) in [5, 5.41) is 5.89. The minimum Gasteiger partial charge on any atom is -0.323 e. The van der Waals surface area contributed by atoms with Crippen LogP contribution in [0.1, 0.15) is 61.1 Å². The number of anilines is 1. The number of benzene rings is 2. The fourth-order valence-corrected chi connectivity index (χ4v) is 5.10. The fourth-order valence-electron chi connectivity index (χ4n) is 5.10. The predicted molar refractivity (Wildman–Crippen MR) is 120 cm³/mol. The highest BCUT2D eigenvalue weighted by molar-refractivity contribution is 5.92. The van der Waals surface area contributed by atoms with Crippen LogP contribution in [0.3, 0.4) is 0 Å². The van der Waals surface area contributed by atoms with Crippen LogP contribution in [0.4, 0.5) is 23.2 Å². The molecule has 2 unspecified atom stereocenters. The van der Waals surface area contributed by atoms with Gasteiger partial charge in [-0.1, -0.05) is 30.7 Å². The van der Waals surface area contributed by atoms with Crippen molar-refractivity contribution in [2.45, 2.75) is 57.0 Å². The first-order chi connectivity index (χ1) is 15.8. The summed E-state index contributed by atoms with van der Waals surface area (Å²) in [5.41, 5.74) is 1.27. The largest absolute Gasteiger partial charge is 0.416 e. The minimum atomic E-state index is -4.62. The number of carbonyl (C=O) groups excluding carboxylic acids is 1. The van der Waals surface area contributed by atoms with Gasteiger partial charge < -0.3 is 10.6 Å². The van der Waals surface area contributed by atoms with Gasteiger partial charge in [0.25, 0.3) is 0 Å². The van der Waals surface area contributed by atoms with Crippen LogP contribution >= 0.6 is 0 Å². The van der Waals surface area contributed by atoms with Crippen LogP contribution in [0.2, 0.25) is 0 Å². The van der Waals surface area contributed by atoms with Crippen LogP contribution in [0.5, 0.6) is 0 Å². The molecule has 0 aromatic heterocycles. The highest BCUT2D eigenvalue weighted by atomic mass is 19.4. The molecule has 33 heavy (non-hydrogen) atoms. The second-order valence-electron chi connectivity index (χ2n) is 9.38. The van der Waals surface area contributed by atoms with Crippen LogP contribution in [-0.4, -0.2) is 19.0 Å². The van der Waals surface area contributed by atoms with E-state index in [1.807, 2.05) is 0 Å². The predicted octanol–water partition coefficient (Wildman–Crippen LogP) is 6.30. The van der Waals surface area contributed by atoms with Gasteiger partial charge in [-0.2, -0.15) is 13.2 Å². The molecule has 1 aliphatic heterocycles. The van der Waals surface area contributed by atoms with Gasteiger partial charge in [0.15, 0.2) is 0 Å². The number of halogens is 4. The molecule has 1 saturated heterocycles. The van der Waals surface area contributed by atoms with Gasteiger partial charge in [-0.15, -0.1) is 0 Å². The average Bonchev–Trinajstić information content (AvgIpc) is 2.81. The minimum absolute atomic E-state index is 0.211. The van der Waals surface area contributed by atoms with Crippen molar-refractivity contribution in [1.82, 2.24) is 5.32 Å². The zero-order valence-corrected chi connectivity index (χ0v) is 18.6. The monoisotopic (exact) mass is 462 g/mol. The summed E-state index contributed by atoms with van der Waals surface area (Å²) >= 11 is 0. The van der Waals surface area contributed by atoms with Crippen molar-refractivity contribution in [3.8, 4) is 0 Å². The summed E-state index contributed by atoms with van der Waals surface area (Å²) in [6.07, 6.45) is 2.11. The maximum Gasteiger partial charge on any atom is 0.416 e. The van der Waals surface area contributed by atoms with Crippen LogP contribution < -0.4 is 10.6 Å². The molecule has 0 bridgehead atoms. The highest BCUT2D eigenvalue weighted by Gasteiger charge is 2.32. The number of hydrogen-bond donors (Lipinski definition) is 2. The zero-order valence-electron chi connectivity index (χ0n) is 18.6. The Bertz CT molecular complexity index is 952. The molecule has 1 saturated carbocycles. The van der Waals surface area contributed by atoms with Crippen LogP contribution in [0, 0.1) is 17.7 Å². The molecule has 0 radical (unpaired) electrons. The second-order valence-corrected chi connectivity index (χ2v) is 9.38. The van der Waals surface area contributed by atoms with Crippen LogP contribution in [-0.2, 0) is 17.4 Å². The molecule has 0 spiro atoms. The lowest BCUT2D eigenvalue weighted by Crippen LogP contribution is -2.28. The zero-order chi connectivity index (χ0) is 23.4. The van der Waals surface area contributed by atoms with E-state index < -0.39 is 17.6 Å². The van der Waals surface area contributed by atoms with Gasteiger partial charge in [-0.3, -0.25) is 4.79 Å². The summed E-state index contributed by atoms with van der Waals surface area (Å²) < 4.78 is 52.4. The van der Waals surface area contributed by atoms with Crippen molar-refractivity contribution in [2.24, 2.45) is 11.8 Å². The van der Waals surface area contributed by atoms with Crippen molar-refractivity contribution >= 4 is 11.6 Å². The van der Waals surface area contributed by atoms with Gasteiger partial charge in [0, 0.05) is 5.92 Å². The summed E-state index contributed by atoms with van der Waals surface area (Å²) in [6, 6.07) is 10.9. The van der Waals surface area contributed by atoms with Crippen molar-refractivity contribution in [3.63, 3.8) is 0 Å². The fraction of sp³-hybridized carbons (Fsp3) is 0.500. The van der Waals surface area contributed by atoms with Gasteiger partial charge in [-0.25, -0.2) is 4.39 Å². The third-order valence-electron chi connectivity index (χ3n) is 7.03. The number of hydrogen-bond acceptors (Lipinski definition) is 2. The van der Waals surface area contributed by atoms with Gasteiger partial charge in [0.2, 0.25) is 5.91 Å². The molecule has 1 amide bonds. The lowest BCUT2D eigenvalue weighted by molar-refractivity contribution is -0.137. The summed E-state index contributed by atoms with van der Waals surface area (Å²) in [5.74, 6) is -0.721. The normalized spacial score (nSPS) is 22.2. The Morgan fingerprint density at radius 3 is 2.39 bits per heavy atom. The summed E-state index contributed by atoms with van der Waals surface area (Å²) in [7, 11) is 0. The molecule has 2 aromatic rings. The standard InChI is InChI=1S/C26H30F4N2O/c27-23-16-22(26(28,29)30)8-9-24(23)32-25(33)21-3-1-2-20(15-21)19-6-4-17(5-7-19)14-18-10-12-31-13-11-18/h4-9,16,18,20-21,31H,1-3,10-15H2,(H,32,33). The maximum absolute atomic E-state index is 14.1. The second kappa shape index (κ2) is 10.2. The molecule has 4 rings (SSSR count). The smallest absolute Gasteiger partial charge is 0.323 e. The Morgan fingerprint density at radius 1 is 1.00 bits per heavy atom. The lowest BCUT2D eigenvalue weighted by atomic mass is 9.77. The molecule has 1 heterocycles. The first-order valence-corrected chi connectivity index (χ1v) is 11.8. The number of alkyl halides is 3. The first kappa shape index (κ1) is 23.7. The van der Waals surface area contributed by atoms with E-state index in [4.69, 9.17) is 0 Å².